The van der Waals surface area contributed by atoms with Crippen molar-refractivity contribution < 1.29 is 9.53 Å². The molecular weight excluding hydrogens is 292 g/mol. The quantitative estimate of drug-likeness (QED) is 0.856. The number of carbonyl (C=O) groups excluding carboxylic acids is 1. The van der Waals surface area contributed by atoms with Crippen LogP contribution < -0.4 is 0 Å². The number of amides is 1. The number of hydrogen-bond donors (Lipinski definition) is 0. The van der Waals surface area contributed by atoms with Gasteiger partial charge in [0.1, 0.15) is 9.88 Å². The molecule has 20 heavy (non-hydrogen) atoms. The lowest BCUT2D eigenvalue weighted by Crippen LogP contribution is -2.55. The second-order valence-electron chi connectivity index (χ2n) is 5.33. The van der Waals surface area contributed by atoms with Crippen LogP contribution in [0.4, 0.5) is 0 Å². The van der Waals surface area contributed by atoms with Crippen molar-refractivity contribution >= 4 is 28.6 Å². The lowest BCUT2D eigenvalue weighted by Gasteiger charge is -2.41. The first-order valence-corrected chi connectivity index (χ1v) is 8.17. The summed E-state index contributed by atoms with van der Waals surface area (Å²) in [5.41, 5.74) is -0.261. The van der Waals surface area contributed by atoms with Crippen LogP contribution in [0.2, 0.25) is 0 Å². The fourth-order valence-corrected chi connectivity index (χ4v) is 3.92. The largest absolute Gasteiger partial charge is 0.377 e. The Labute approximate surface area is 126 Å². The Hall–Kier alpha value is -1.24. The van der Waals surface area contributed by atoms with Crippen molar-refractivity contribution in [3.8, 4) is 9.88 Å². The van der Waals surface area contributed by atoms with Gasteiger partial charge in [0, 0.05) is 6.54 Å². The van der Waals surface area contributed by atoms with Crippen molar-refractivity contribution in [2.24, 2.45) is 0 Å². The minimum Gasteiger partial charge on any atom is -0.377 e. The summed E-state index contributed by atoms with van der Waals surface area (Å²) in [7, 11) is 0. The SMILES string of the molecule is CC1(C)COCCN1C(=O)c1cnc(-c2cccs2)s1. The van der Waals surface area contributed by atoms with Crippen LogP contribution in [-0.4, -0.2) is 41.1 Å². The molecule has 1 saturated heterocycles. The molecule has 0 spiro atoms. The zero-order valence-electron chi connectivity index (χ0n) is 11.5. The highest BCUT2D eigenvalue weighted by atomic mass is 32.1. The topological polar surface area (TPSA) is 42.4 Å². The molecule has 3 rings (SSSR count). The zero-order valence-corrected chi connectivity index (χ0v) is 13.1. The molecule has 0 saturated carbocycles. The van der Waals surface area contributed by atoms with Gasteiger partial charge in [-0.1, -0.05) is 6.07 Å². The Morgan fingerprint density at radius 3 is 3.05 bits per heavy atom. The summed E-state index contributed by atoms with van der Waals surface area (Å²) in [6.07, 6.45) is 1.69. The van der Waals surface area contributed by atoms with Crippen LogP contribution in [0.5, 0.6) is 0 Å². The van der Waals surface area contributed by atoms with Gasteiger partial charge in [-0.25, -0.2) is 4.98 Å². The Morgan fingerprint density at radius 2 is 2.35 bits per heavy atom. The molecule has 106 valence electrons. The van der Waals surface area contributed by atoms with Crippen molar-refractivity contribution in [2.75, 3.05) is 19.8 Å². The number of hydrogen-bond acceptors (Lipinski definition) is 5. The van der Waals surface area contributed by atoms with E-state index in [1.807, 2.05) is 36.3 Å². The van der Waals surface area contributed by atoms with Crippen LogP contribution in [0.3, 0.4) is 0 Å². The minimum absolute atomic E-state index is 0.0543. The smallest absolute Gasteiger partial charge is 0.266 e. The van der Waals surface area contributed by atoms with Crippen molar-refractivity contribution in [2.45, 2.75) is 19.4 Å². The van der Waals surface area contributed by atoms with Crippen LogP contribution in [-0.2, 0) is 4.74 Å². The summed E-state index contributed by atoms with van der Waals surface area (Å²) in [4.78, 5) is 20.7. The average Bonchev–Trinajstić information content (AvgIpc) is 3.08. The molecule has 0 bridgehead atoms. The van der Waals surface area contributed by atoms with Gasteiger partial charge in [-0.15, -0.1) is 22.7 Å². The second kappa shape index (κ2) is 5.27. The van der Waals surface area contributed by atoms with Crippen LogP contribution in [0.25, 0.3) is 9.88 Å². The minimum atomic E-state index is -0.261. The number of thiazole rings is 1. The van der Waals surface area contributed by atoms with Gasteiger partial charge in [-0.05, 0) is 25.3 Å². The molecule has 4 nitrogen and oxygen atoms in total. The van der Waals surface area contributed by atoms with Gasteiger partial charge in [0.05, 0.1) is 29.8 Å². The van der Waals surface area contributed by atoms with E-state index in [0.29, 0.717) is 24.6 Å². The summed E-state index contributed by atoms with van der Waals surface area (Å²) in [5.74, 6) is 0.0543. The fourth-order valence-electron chi connectivity index (χ4n) is 2.25. The third kappa shape index (κ3) is 2.51. The first kappa shape index (κ1) is 13.7. The molecule has 2 aromatic rings. The van der Waals surface area contributed by atoms with Crippen LogP contribution in [0, 0.1) is 0 Å². The van der Waals surface area contributed by atoms with E-state index in [4.69, 9.17) is 4.74 Å². The van der Waals surface area contributed by atoms with E-state index in [-0.39, 0.29) is 11.4 Å². The molecule has 0 atom stereocenters. The molecule has 1 aliphatic heterocycles. The predicted molar refractivity (Wildman–Crippen MR) is 81.4 cm³/mol. The molecule has 2 aromatic heterocycles. The maximum Gasteiger partial charge on any atom is 0.266 e. The molecule has 3 heterocycles. The monoisotopic (exact) mass is 308 g/mol. The van der Waals surface area contributed by atoms with E-state index in [1.54, 1.807) is 17.5 Å². The molecule has 0 aromatic carbocycles. The standard InChI is InChI=1S/C14H16N2O2S2/c1-14(2)9-18-6-5-16(14)13(17)11-8-15-12(20-11)10-4-3-7-19-10/h3-4,7-8H,5-6,9H2,1-2H3. The van der Waals surface area contributed by atoms with Gasteiger partial charge in [-0.3, -0.25) is 4.79 Å². The van der Waals surface area contributed by atoms with E-state index in [2.05, 4.69) is 4.98 Å². The molecule has 0 aliphatic carbocycles. The Morgan fingerprint density at radius 1 is 1.50 bits per heavy atom. The Balaban J connectivity index is 1.84. The highest BCUT2D eigenvalue weighted by molar-refractivity contribution is 7.21. The van der Waals surface area contributed by atoms with E-state index in [1.165, 1.54) is 11.3 Å². The molecular formula is C14H16N2O2S2. The van der Waals surface area contributed by atoms with Gasteiger partial charge in [0.25, 0.3) is 5.91 Å². The number of ether oxygens (including phenoxy) is 1. The number of carbonyl (C=O) groups is 1. The normalized spacial score (nSPS) is 18.2. The summed E-state index contributed by atoms with van der Waals surface area (Å²) in [6, 6.07) is 4.02. The predicted octanol–water partition coefficient (Wildman–Crippen LogP) is 3.12. The highest BCUT2D eigenvalue weighted by Gasteiger charge is 2.35. The summed E-state index contributed by atoms with van der Waals surface area (Å²) < 4.78 is 5.46. The lowest BCUT2D eigenvalue weighted by molar-refractivity contribution is -0.0368. The Bertz CT molecular complexity index is 604. The molecule has 0 N–H and O–H groups in total. The first-order valence-electron chi connectivity index (χ1n) is 6.47. The van der Waals surface area contributed by atoms with E-state index in [0.717, 1.165) is 9.88 Å². The number of morpholine rings is 1. The fraction of sp³-hybridized carbons (Fsp3) is 0.429. The van der Waals surface area contributed by atoms with Crippen molar-refractivity contribution in [3.05, 3.63) is 28.6 Å². The van der Waals surface area contributed by atoms with Gasteiger partial charge in [-0.2, -0.15) is 0 Å². The van der Waals surface area contributed by atoms with Gasteiger partial charge < -0.3 is 9.64 Å². The average molecular weight is 308 g/mol. The molecule has 1 fully saturated rings. The third-order valence-electron chi connectivity index (χ3n) is 3.34. The zero-order chi connectivity index (χ0) is 14.2. The van der Waals surface area contributed by atoms with Crippen molar-refractivity contribution in [3.63, 3.8) is 0 Å². The maximum absolute atomic E-state index is 12.6. The van der Waals surface area contributed by atoms with Crippen molar-refractivity contribution in [1.82, 2.24) is 9.88 Å². The van der Waals surface area contributed by atoms with Gasteiger partial charge in [0.15, 0.2) is 0 Å². The lowest BCUT2D eigenvalue weighted by atomic mass is 10.0. The summed E-state index contributed by atoms with van der Waals surface area (Å²) in [6.45, 7) is 5.88. The van der Waals surface area contributed by atoms with E-state index < -0.39 is 0 Å². The van der Waals surface area contributed by atoms with Crippen molar-refractivity contribution in [1.29, 1.82) is 0 Å². The molecule has 0 radical (unpaired) electrons. The Kier molecular flexibility index (Phi) is 3.62. The second-order valence-corrected chi connectivity index (χ2v) is 7.31. The highest BCUT2D eigenvalue weighted by Crippen LogP contribution is 2.31. The summed E-state index contributed by atoms with van der Waals surface area (Å²) >= 11 is 3.10. The third-order valence-corrected chi connectivity index (χ3v) is 5.36. The maximum atomic E-state index is 12.6. The number of rotatable bonds is 2. The van der Waals surface area contributed by atoms with Gasteiger partial charge in [0.2, 0.25) is 0 Å². The molecule has 1 aliphatic rings. The van der Waals surface area contributed by atoms with Crippen LogP contribution in [0.15, 0.2) is 23.7 Å². The van der Waals surface area contributed by atoms with Gasteiger partial charge >= 0.3 is 0 Å². The molecule has 6 heteroatoms. The number of aromatic nitrogens is 1. The number of thiophene rings is 1. The van der Waals surface area contributed by atoms with Crippen LogP contribution in [0.1, 0.15) is 23.5 Å². The van der Waals surface area contributed by atoms with E-state index >= 15 is 0 Å². The van der Waals surface area contributed by atoms with E-state index in [9.17, 15) is 4.79 Å². The first-order chi connectivity index (χ1) is 9.58. The molecule has 1 amide bonds. The number of nitrogens with zero attached hydrogens (tertiary/aromatic N) is 2. The molecule has 0 unspecified atom stereocenters. The summed E-state index contributed by atoms with van der Waals surface area (Å²) in [5, 5.41) is 2.93. The van der Waals surface area contributed by atoms with Crippen LogP contribution >= 0.6 is 22.7 Å².